The van der Waals surface area contributed by atoms with Crippen molar-refractivity contribution in [2.45, 2.75) is 50.9 Å². The van der Waals surface area contributed by atoms with Crippen LogP contribution >= 0.6 is 23.6 Å². The van der Waals surface area contributed by atoms with E-state index in [0.717, 1.165) is 17.8 Å². The Morgan fingerprint density at radius 1 is 1.25 bits per heavy atom. The molecule has 3 rings (SSSR count). The molecule has 0 aromatic carbocycles. The molecular weight excluding hydrogens is 286 g/mol. The lowest BCUT2D eigenvalue weighted by molar-refractivity contribution is 0.288. The van der Waals surface area contributed by atoms with Gasteiger partial charge in [-0.2, -0.15) is 0 Å². The van der Waals surface area contributed by atoms with E-state index in [2.05, 4.69) is 4.90 Å². The van der Waals surface area contributed by atoms with E-state index in [4.69, 9.17) is 22.9 Å². The molecule has 2 N–H and O–H groups in total. The first kappa shape index (κ1) is 14.4. The first-order chi connectivity index (χ1) is 9.74. The number of hydrogen-bond acceptors (Lipinski definition) is 4. The zero-order valence-electron chi connectivity index (χ0n) is 11.9. The SMILES string of the molecule is NC(=S)c1sc(CCN2CCCCCC2)nc1C1CC1. The van der Waals surface area contributed by atoms with E-state index in [-0.39, 0.29) is 0 Å². The highest BCUT2D eigenvalue weighted by Crippen LogP contribution is 2.42. The summed E-state index contributed by atoms with van der Waals surface area (Å²) in [4.78, 5) is 9.02. The summed E-state index contributed by atoms with van der Waals surface area (Å²) in [7, 11) is 0. The number of likely N-dealkylation sites (tertiary alicyclic amines) is 1. The Bertz CT molecular complexity index is 471. The van der Waals surface area contributed by atoms with Gasteiger partial charge in [-0.15, -0.1) is 11.3 Å². The molecule has 3 nitrogen and oxygen atoms in total. The van der Waals surface area contributed by atoms with Crippen molar-refractivity contribution in [3.05, 3.63) is 15.6 Å². The van der Waals surface area contributed by atoms with Crippen molar-refractivity contribution in [1.29, 1.82) is 0 Å². The molecule has 1 saturated carbocycles. The molecule has 110 valence electrons. The van der Waals surface area contributed by atoms with E-state index in [1.807, 2.05) is 0 Å². The lowest BCUT2D eigenvalue weighted by Gasteiger charge is -2.18. The Labute approximate surface area is 130 Å². The zero-order chi connectivity index (χ0) is 13.9. The number of rotatable bonds is 5. The molecule has 0 radical (unpaired) electrons. The molecule has 0 bridgehead atoms. The van der Waals surface area contributed by atoms with Gasteiger partial charge in [0.15, 0.2) is 0 Å². The van der Waals surface area contributed by atoms with Gasteiger partial charge in [0, 0.05) is 18.9 Å². The van der Waals surface area contributed by atoms with Crippen molar-refractivity contribution in [3.63, 3.8) is 0 Å². The number of nitrogens with two attached hydrogens (primary N) is 1. The zero-order valence-corrected chi connectivity index (χ0v) is 13.6. The fraction of sp³-hybridized carbons (Fsp3) is 0.733. The van der Waals surface area contributed by atoms with Gasteiger partial charge in [0.1, 0.15) is 4.99 Å². The summed E-state index contributed by atoms with van der Waals surface area (Å²) in [6, 6.07) is 0. The molecule has 1 aromatic heterocycles. The quantitative estimate of drug-likeness (QED) is 0.849. The van der Waals surface area contributed by atoms with Crippen molar-refractivity contribution < 1.29 is 0 Å². The first-order valence-corrected chi connectivity index (χ1v) is 8.98. The second-order valence-corrected chi connectivity index (χ2v) is 7.49. The van der Waals surface area contributed by atoms with Gasteiger partial charge in [-0.05, 0) is 38.8 Å². The van der Waals surface area contributed by atoms with Crippen molar-refractivity contribution in [1.82, 2.24) is 9.88 Å². The predicted molar refractivity (Wildman–Crippen MR) is 88.6 cm³/mol. The largest absolute Gasteiger partial charge is 0.389 e. The molecule has 1 saturated heterocycles. The van der Waals surface area contributed by atoms with Crippen molar-refractivity contribution >= 4 is 28.5 Å². The van der Waals surface area contributed by atoms with E-state index < -0.39 is 0 Å². The van der Waals surface area contributed by atoms with Crippen LogP contribution in [-0.2, 0) is 6.42 Å². The Hall–Kier alpha value is -0.520. The number of nitrogens with zero attached hydrogens (tertiary/aromatic N) is 2. The fourth-order valence-electron chi connectivity index (χ4n) is 2.91. The second kappa shape index (κ2) is 6.50. The maximum absolute atomic E-state index is 5.84. The topological polar surface area (TPSA) is 42.1 Å². The smallest absolute Gasteiger partial charge is 0.116 e. The van der Waals surface area contributed by atoms with E-state index in [0.29, 0.717) is 10.9 Å². The van der Waals surface area contributed by atoms with Gasteiger partial charge >= 0.3 is 0 Å². The highest BCUT2D eigenvalue weighted by Gasteiger charge is 2.30. The molecule has 2 heterocycles. The van der Waals surface area contributed by atoms with Gasteiger partial charge < -0.3 is 10.6 Å². The molecule has 20 heavy (non-hydrogen) atoms. The van der Waals surface area contributed by atoms with E-state index in [1.165, 1.54) is 62.3 Å². The van der Waals surface area contributed by atoms with Crippen LogP contribution in [0.4, 0.5) is 0 Å². The van der Waals surface area contributed by atoms with Gasteiger partial charge in [-0.3, -0.25) is 0 Å². The number of hydrogen-bond donors (Lipinski definition) is 1. The summed E-state index contributed by atoms with van der Waals surface area (Å²) in [6.07, 6.45) is 9.05. The molecule has 2 fully saturated rings. The standard InChI is InChI=1S/C15H23N3S2/c16-15(19)14-13(11-5-6-11)17-12(20-14)7-10-18-8-3-1-2-4-9-18/h11H,1-10H2,(H2,16,19). The lowest BCUT2D eigenvalue weighted by atomic mass is 10.2. The molecule has 0 atom stereocenters. The van der Waals surface area contributed by atoms with Crippen molar-refractivity contribution in [2.75, 3.05) is 19.6 Å². The predicted octanol–water partition coefficient (Wildman–Crippen LogP) is 3.07. The van der Waals surface area contributed by atoms with Crippen LogP contribution in [0.15, 0.2) is 0 Å². The monoisotopic (exact) mass is 309 g/mol. The maximum atomic E-state index is 5.84. The van der Waals surface area contributed by atoms with Crippen molar-refractivity contribution in [3.8, 4) is 0 Å². The highest BCUT2D eigenvalue weighted by atomic mass is 32.1. The molecule has 1 aromatic rings. The average Bonchev–Trinajstić information content (AvgIpc) is 3.22. The molecule has 1 aliphatic carbocycles. The molecule has 0 amide bonds. The normalized spacial score (nSPS) is 20.8. The van der Waals surface area contributed by atoms with Gasteiger partial charge in [-0.25, -0.2) is 4.98 Å². The summed E-state index contributed by atoms with van der Waals surface area (Å²) in [6.45, 7) is 3.64. The Morgan fingerprint density at radius 3 is 2.55 bits per heavy atom. The van der Waals surface area contributed by atoms with Crippen LogP contribution in [0.3, 0.4) is 0 Å². The third-order valence-electron chi connectivity index (χ3n) is 4.23. The second-order valence-electron chi connectivity index (χ2n) is 5.97. The summed E-state index contributed by atoms with van der Waals surface area (Å²) in [5, 5.41) is 1.22. The Morgan fingerprint density at radius 2 is 1.95 bits per heavy atom. The van der Waals surface area contributed by atoms with Crippen LogP contribution in [0.5, 0.6) is 0 Å². The average molecular weight is 310 g/mol. The fourth-order valence-corrected chi connectivity index (χ4v) is 4.13. The van der Waals surface area contributed by atoms with Crippen LogP contribution in [0.2, 0.25) is 0 Å². The minimum Gasteiger partial charge on any atom is -0.389 e. The Balaban J connectivity index is 1.62. The van der Waals surface area contributed by atoms with Crippen LogP contribution in [0.1, 0.15) is 60.0 Å². The van der Waals surface area contributed by atoms with E-state index in [9.17, 15) is 0 Å². The van der Waals surface area contributed by atoms with Gasteiger partial charge in [0.25, 0.3) is 0 Å². The van der Waals surface area contributed by atoms with Crippen LogP contribution < -0.4 is 5.73 Å². The molecule has 2 aliphatic rings. The summed E-state index contributed by atoms with van der Waals surface area (Å²) in [5.41, 5.74) is 7.03. The molecule has 1 aliphatic heterocycles. The molecular formula is C15H23N3S2. The maximum Gasteiger partial charge on any atom is 0.116 e. The van der Waals surface area contributed by atoms with Crippen LogP contribution in [0.25, 0.3) is 0 Å². The minimum atomic E-state index is 0.533. The highest BCUT2D eigenvalue weighted by molar-refractivity contribution is 7.81. The lowest BCUT2D eigenvalue weighted by Crippen LogP contribution is -2.26. The van der Waals surface area contributed by atoms with Crippen molar-refractivity contribution in [2.24, 2.45) is 5.73 Å². The van der Waals surface area contributed by atoms with Gasteiger partial charge in [0.2, 0.25) is 0 Å². The summed E-state index contributed by atoms with van der Waals surface area (Å²) in [5.74, 6) is 0.634. The number of aromatic nitrogens is 1. The first-order valence-electron chi connectivity index (χ1n) is 7.76. The van der Waals surface area contributed by atoms with Gasteiger partial charge in [0.05, 0.1) is 15.6 Å². The van der Waals surface area contributed by atoms with E-state index >= 15 is 0 Å². The number of thiazole rings is 1. The minimum absolute atomic E-state index is 0.533. The van der Waals surface area contributed by atoms with Gasteiger partial charge in [-0.1, -0.05) is 25.1 Å². The summed E-state index contributed by atoms with van der Waals surface area (Å²) < 4.78 is 0. The molecule has 0 spiro atoms. The third-order valence-corrected chi connectivity index (χ3v) is 5.72. The molecule has 0 unspecified atom stereocenters. The van der Waals surface area contributed by atoms with E-state index in [1.54, 1.807) is 11.3 Å². The van der Waals surface area contributed by atoms with Crippen LogP contribution in [-0.4, -0.2) is 34.5 Å². The molecule has 5 heteroatoms. The third kappa shape index (κ3) is 3.57. The van der Waals surface area contributed by atoms with Crippen LogP contribution in [0, 0.1) is 0 Å². The summed E-state index contributed by atoms with van der Waals surface area (Å²) >= 11 is 6.90. The number of thiocarbonyl (C=S) groups is 1. The Kier molecular flexibility index (Phi) is 4.68.